The molecule has 0 atom stereocenters. The molecule has 0 unspecified atom stereocenters. The van der Waals surface area contributed by atoms with Crippen molar-refractivity contribution < 1.29 is 9.18 Å². The Morgan fingerprint density at radius 2 is 1.95 bits per heavy atom. The third kappa shape index (κ3) is 2.71. The molecule has 0 saturated heterocycles. The number of benzene rings is 2. The molecule has 0 saturated carbocycles. The SMILES string of the molecule is O=C(Nc1ccc(Cl)c(F)c1)c1nccc2ccccc12. The molecule has 0 spiro atoms. The van der Waals surface area contributed by atoms with Gasteiger partial charge in [0.2, 0.25) is 0 Å². The van der Waals surface area contributed by atoms with Gasteiger partial charge in [0.25, 0.3) is 5.91 Å². The molecule has 5 heteroatoms. The molecule has 1 N–H and O–H groups in total. The summed E-state index contributed by atoms with van der Waals surface area (Å²) in [7, 11) is 0. The summed E-state index contributed by atoms with van der Waals surface area (Å²) in [6.07, 6.45) is 1.57. The van der Waals surface area contributed by atoms with Crippen molar-refractivity contribution in [2.24, 2.45) is 0 Å². The summed E-state index contributed by atoms with van der Waals surface area (Å²) in [6, 6.07) is 13.4. The van der Waals surface area contributed by atoms with Gasteiger partial charge in [-0.2, -0.15) is 0 Å². The topological polar surface area (TPSA) is 42.0 Å². The molecule has 2 aromatic carbocycles. The monoisotopic (exact) mass is 300 g/mol. The number of hydrogen-bond donors (Lipinski definition) is 1. The lowest BCUT2D eigenvalue weighted by Crippen LogP contribution is -2.14. The second-order valence-corrected chi connectivity index (χ2v) is 4.87. The van der Waals surface area contributed by atoms with Crippen LogP contribution in [-0.2, 0) is 0 Å². The van der Waals surface area contributed by atoms with Gasteiger partial charge in [-0.1, -0.05) is 35.9 Å². The second kappa shape index (κ2) is 5.50. The number of amides is 1. The normalized spacial score (nSPS) is 10.6. The predicted octanol–water partition coefficient (Wildman–Crippen LogP) is 4.28. The Kier molecular flexibility index (Phi) is 3.54. The standard InChI is InChI=1S/C16H10ClFN2O/c17-13-6-5-11(9-14(13)18)20-16(21)15-12-4-2-1-3-10(12)7-8-19-15/h1-9H,(H,20,21). The van der Waals surface area contributed by atoms with E-state index in [0.29, 0.717) is 11.4 Å². The van der Waals surface area contributed by atoms with Gasteiger partial charge in [-0.3, -0.25) is 9.78 Å². The molecule has 3 aromatic rings. The summed E-state index contributed by atoms with van der Waals surface area (Å²) in [5.41, 5.74) is 0.625. The third-order valence-corrected chi connectivity index (χ3v) is 3.37. The first-order valence-corrected chi connectivity index (χ1v) is 6.63. The first-order chi connectivity index (χ1) is 10.1. The summed E-state index contributed by atoms with van der Waals surface area (Å²) >= 11 is 5.61. The van der Waals surface area contributed by atoms with Gasteiger partial charge in [0, 0.05) is 17.3 Å². The quantitative estimate of drug-likeness (QED) is 0.767. The minimum atomic E-state index is -0.583. The van der Waals surface area contributed by atoms with E-state index in [4.69, 9.17) is 11.6 Å². The van der Waals surface area contributed by atoms with Crippen LogP contribution in [0.4, 0.5) is 10.1 Å². The minimum absolute atomic E-state index is 0.0104. The van der Waals surface area contributed by atoms with Crippen LogP contribution in [0.1, 0.15) is 10.5 Å². The fourth-order valence-corrected chi connectivity index (χ4v) is 2.18. The van der Waals surface area contributed by atoms with Gasteiger partial charge >= 0.3 is 0 Å². The number of anilines is 1. The highest BCUT2D eigenvalue weighted by Crippen LogP contribution is 2.21. The van der Waals surface area contributed by atoms with E-state index in [1.165, 1.54) is 18.2 Å². The maximum Gasteiger partial charge on any atom is 0.274 e. The molecule has 1 amide bonds. The lowest BCUT2D eigenvalue weighted by molar-refractivity contribution is 0.102. The Morgan fingerprint density at radius 3 is 2.76 bits per heavy atom. The summed E-state index contributed by atoms with van der Waals surface area (Å²) in [4.78, 5) is 16.4. The highest BCUT2D eigenvalue weighted by atomic mass is 35.5. The molecule has 3 rings (SSSR count). The molecule has 0 aliphatic heterocycles. The van der Waals surface area contributed by atoms with Crippen molar-refractivity contribution in [1.29, 1.82) is 0 Å². The number of pyridine rings is 1. The maximum atomic E-state index is 13.4. The van der Waals surface area contributed by atoms with Gasteiger partial charge < -0.3 is 5.32 Å². The average molecular weight is 301 g/mol. The van der Waals surface area contributed by atoms with Gasteiger partial charge in [0.15, 0.2) is 0 Å². The maximum absolute atomic E-state index is 13.4. The number of aromatic nitrogens is 1. The van der Waals surface area contributed by atoms with E-state index in [1.807, 2.05) is 30.3 Å². The Bertz CT molecular complexity index is 830. The first-order valence-electron chi connectivity index (χ1n) is 6.25. The van der Waals surface area contributed by atoms with Crippen LogP contribution in [0.5, 0.6) is 0 Å². The number of rotatable bonds is 2. The van der Waals surface area contributed by atoms with Gasteiger partial charge in [0.05, 0.1) is 5.02 Å². The molecule has 0 bridgehead atoms. The second-order valence-electron chi connectivity index (χ2n) is 4.46. The van der Waals surface area contributed by atoms with Crippen LogP contribution in [0.15, 0.2) is 54.7 Å². The van der Waals surface area contributed by atoms with Crippen molar-refractivity contribution in [2.75, 3.05) is 5.32 Å². The third-order valence-electron chi connectivity index (χ3n) is 3.07. The number of nitrogens with zero attached hydrogens (tertiary/aromatic N) is 1. The van der Waals surface area contributed by atoms with Crippen LogP contribution < -0.4 is 5.32 Å². The number of carbonyl (C=O) groups excluding carboxylic acids is 1. The van der Waals surface area contributed by atoms with Crippen LogP contribution >= 0.6 is 11.6 Å². The van der Waals surface area contributed by atoms with Crippen LogP contribution in [0.3, 0.4) is 0 Å². The number of carbonyl (C=O) groups is 1. The van der Waals surface area contributed by atoms with E-state index >= 15 is 0 Å². The van der Waals surface area contributed by atoms with Gasteiger partial charge in [0.1, 0.15) is 11.5 Å². The molecule has 0 aliphatic rings. The first kappa shape index (κ1) is 13.5. The van der Waals surface area contributed by atoms with Crippen molar-refractivity contribution in [3.05, 3.63) is 71.3 Å². The number of fused-ring (bicyclic) bond motifs is 1. The number of halogens is 2. The molecule has 1 heterocycles. The van der Waals surface area contributed by atoms with Crippen LogP contribution in [0, 0.1) is 5.82 Å². The van der Waals surface area contributed by atoms with Crippen molar-refractivity contribution in [2.45, 2.75) is 0 Å². The molecular weight excluding hydrogens is 291 g/mol. The van der Waals surface area contributed by atoms with E-state index in [9.17, 15) is 9.18 Å². The predicted molar refractivity (Wildman–Crippen MR) is 81.1 cm³/mol. The zero-order valence-electron chi connectivity index (χ0n) is 10.8. The lowest BCUT2D eigenvalue weighted by atomic mass is 10.1. The molecule has 21 heavy (non-hydrogen) atoms. The van der Waals surface area contributed by atoms with Crippen molar-refractivity contribution in [1.82, 2.24) is 4.98 Å². The Morgan fingerprint density at radius 1 is 1.14 bits per heavy atom. The summed E-state index contributed by atoms with van der Waals surface area (Å²) in [6.45, 7) is 0. The molecule has 0 radical (unpaired) electrons. The van der Waals surface area contributed by atoms with Crippen molar-refractivity contribution in [3.63, 3.8) is 0 Å². The Labute approximate surface area is 125 Å². The minimum Gasteiger partial charge on any atom is -0.321 e. The summed E-state index contributed by atoms with van der Waals surface area (Å²) in [5.74, 6) is -0.978. The van der Waals surface area contributed by atoms with Crippen molar-refractivity contribution >= 4 is 34.0 Å². The van der Waals surface area contributed by atoms with E-state index in [2.05, 4.69) is 10.3 Å². The Balaban J connectivity index is 1.95. The van der Waals surface area contributed by atoms with Gasteiger partial charge in [-0.25, -0.2) is 4.39 Å². The van der Waals surface area contributed by atoms with Gasteiger partial charge in [-0.05, 0) is 29.7 Å². The molecular formula is C16H10ClFN2O. The highest BCUT2D eigenvalue weighted by molar-refractivity contribution is 6.30. The Hall–Kier alpha value is -2.46. The zero-order chi connectivity index (χ0) is 14.8. The van der Waals surface area contributed by atoms with Crippen molar-refractivity contribution in [3.8, 4) is 0 Å². The van der Waals surface area contributed by atoms with E-state index in [1.54, 1.807) is 6.20 Å². The number of hydrogen-bond acceptors (Lipinski definition) is 2. The molecule has 3 nitrogen and oxygen atoms in total. The smallest absolute Gasteiger partial charge is 0.274 e. The molecule has 1 aromatic heterocycles. The van der Waals surface area contributed by atoms with Crippen LogP contribution in [-0.4, -0.2) is 10.9 Å². The number of nitrogens with one attached hydrogen (secondary N) is 1. The van der Waals surface area contributed by atoms with Crippen LogP contribution in [0.2, 0.25) is 5.02 Å². The van der Waals surface area contributed by atoms with E-state index in [-0.39, 0.29) is 5.02 Å². The van der Waals surface area contributed by atoms with Gasteiger partial charge in [-0.15, -0.1) is 0 Å². The summed E-state index contributed by atoms with van der Waals surface area (Å²) < 4.78 is 13.4. The molecule has 0 aliphatic carbocycles. The molecule has 0 fully saturated rings. The highest BCUT2D eigenvalue weighted by Gasteiger charge is 2.12. The fraction of sp³-hybridized carbons (Fsp3) is 0. The van der Waals surface area contributed by atoms with E-state index < -0.39 is 11.7 Å². The average Bonchev–Trinajstić information content (AvgIpc) is 2.50. The largest absolute Gasteiger partial charge is 0.321 e. The van der Waals surface area contributed by atoms with Crippen LogP contribution in [0.25, 0.3) is 10.8 Å². The molecule has 104 valence electrons. The fourth-order valence-electron chi connectivity index (χ4n) is 2.06. The lowest BCUT2D eigenvalue weighted by Gasteiger charge is -2.07. The summed E-state index contributed by atoms with van der Waals surface area (Å²) in [5, 5.41) is 4.29. The van der Waals surface area contributed by atoms with E-state index in [0.717, 1.165) is 10.8 Å². The zero-order valence-corrected chi connectivity index (χ0v) is 11.6.